The third kappa shape index (κ3) is 2.84. The summed E-state index contributed by atoms with van der Waals surface area (Å²) in [5, 5.41) is 4.59. The van der Waals surface area contributed by atoms with E-state index < -0.39 is 0 Å². The summed E-state index contributed by atoms with van der Waals surface area (Å²) in [5.41, 5.74) is 3.24. The van der Waals surface area contributed by atoms with Gasteiger partial charge in [-0.25, -0.2) is 4.98 Å². The Morgan fingerprint density at radius 3 is 2.37 bits per heavy atom. The summed E-state index contributed by atoms with van der Waals surface area (Å²) in [4.78, 5) is 8.73. The van der Waals surface area contributed by atoms with Crippen LogP contribution in [0, 0.1) is 6.92 Å². The van der Waals surface area contributed by atoms with Crippen molar-refractivity contribution in [3.05, 3.63) is 42.2 Å². The number of methoxy groups -OCH3 is 3. The van der Waals surface area contributed by atoms with Gasteiger partial charge < -0.3 is 18.6 Å². The Morgan fingerprint density at radius 2 is 1.70 bits per heavy atom. The number of ether oxygens (including phenoxy) is 3. The first-order valence-electron chi connectivity index (χ1n) is 8.23. The van der Waals surface area contributed by atoms with Crippen molar-refractivity contribution >= 4 is 5.84 Å². The largest absolute Gasteiger partial charge is 0.493 e. The van der Waals surface area contributed by atoms with Crippen LogP contribution in [-0.4, -0.2) is 40.9 Å². The van der Waals surface area contributed by atoms with Gasteiger partial charge in [0.2, 0.25) is 11.8 Å². The highest BCUT2D eigenvalue weighted by Gasteiger charge is 2.19. The van der Waals surface area contributed by atoms with Crippen LogP contribution in [0.2, 0.25) is 0 Å². The van der Waals surface area contributed by atoms with Crippen molar-refractivity contribution < 1.29 is 18.6 Å². The zero-order valence-corrected chi connectivity index (χ0v) is 15.4. The van der Waals surface area contributed by atoms with Gasteiger partial charge in [0.25, 0.3) is 0 Å². The Morgan fingerprint density at radius 1 is 0.926 bits per heavy atom. The first-order valence-corrected chi connectivity index (χ1v) is 8.23. The third-order valence-corrected chi connectivity index (χ3v) is 4.23. The number of benzene rings is 1. The van der Waals surface area contributed by atoms with Crippen LogP contribution in [0.1, 0.15) is 5.69 Å². The summed E-state index contributed by atoms with van der Waals surface area (Å²) in [6.07, 6.45) is 1.72. The molecule has 8 nitrogen and oxygen atoms in total. The number of hydrogen-bond donors (Lipinski definition) is 0. The zero-order chi connectivity index (χ0) is 19.0. The van der Waals surface area contributed by atoms with Gasteiger partial charge in [-0.15, -0.1) is 5.10 Å². The molecule has 0 N–H and O–H groups in total. The highest BCUT2D eigenvalue weighted by molar-refractivity contribution is 5.66. The second-order valence-electron chi connectivity index (χ2n) is 5.81. The molecule has 1 aromatic carbocycles. The molecular weight excluding hydrogens is 348 g/mol. The molecular formula is C19H18N4O4. The maximum absolute atomic E-state index is 5.85. The normalized spacial score (nSPS) is 11.0. The molecule has 0 aliphatic carbocycles. The summed E-state index contributed by atoms with van der Waals surface area (Å²) < 4.78 is 23.3. The first kappa shape index (κ1) is 16.9. The average Bonchev–Trinajstić information content (AvgIpc) is 3.24. The van der Waals surface area contributed by atoms with Crippen LogP contribution in [0.3, 0.4) is 0 Å². The molecule has 0 saturated heterocycles. The van der Waals surface area contributed by atoms with Gasteiger partial charge in [-0.1, -0.05) is 0 Å². The standard InChI is InChI=1S/C19H18N4O4/c1-11-17(13-6-8-16(26-4)20-10-13)23-19(21-11)27-18(22-23)12-5-7-14(24-2)15(9-12)25-3/h5-10H,1-4H3. The molecule has 0 fully saturated rings. The first-order chi connectivity index (χ1) is 13.1. The fourth-order valence-electron chi connectivity index (χ4n) is 2.91. The lowest BCUT2D eigenvalue weighted by molar-refractivity contribution is 0.355. The SMILES string of the molecule is COc1ccc(-c2c(C)nc3oc(-c4ccc(OC)c(OC)c4)nn23)cn1. The zero-order valence-electron chi connectivity index (χ0n) is 15.4. The van der Waals surface area contributed by atoms with Crippen molar-refractivity contribution in [2.24, 2.45) is 0 Å². The van der Waals surface area contributed by atoms with Crippen LogP contribution in [0.4, 0.5) is 0 Å². The number of pyridine rings is 1. The van der Waals surface area contributed by atoms with Gasteiger partial charge in [0, 0.05) is 23.4 Å². The molecule has 0 saturated carbocycles. The number of aryl methyl sites for hydroxylation is 1. The van der Waals surface area contributed by atoms with Gasteiger partial charge in [-0.3, -0.25) is 0 Å². The summed E-state index contributed by atoms with van der Waals surface area (Å²) >= 11 is 0. The molecule has 0 aliphatic heterocycles. The van der Waals surface area contributed by atoms with Crippen LogP contribution in [0.5, 0.6) is 17.4 Å². The predicted molar refractivity (Wildman–Crippen MR) is 98.3 cm³/mol. The Balaban J connectivity index is 1.80. The average molecular weight is 366 g/mol. The fraction of sp³-hybridized carbons (Fsp3) is 0.211. The van der Waals surface area contributed by atoms with Crippen molar-refractivity contribution in [1.82, 2.24) is 19.6 Å². The maximum atomic E-state index is 5.85. The summed E-state index contributed by atoms with van der Waals surface area (Å²) in [7, 11) is 4.76. The second-order valence-corrected chi connectivity index (χ2v) is 5.81. The summed E-state index contributed by atoms with van der Waals surface area (Å²) in [6.45, 7) is 1.90. The van der Waals surface area contributed by atoms with E-state index in [0.717, 1.165) is 22.5 Å². The highest BCUT2D eigenvalue weighted by atomic mass is 16.5. The quantitative estimate of drug-likeness (QED) is 0.535. The number of imidazole rings is 1. The molecule has 3 aromatic heterocycles. The Kier molecular flexibility index (Phi) is 4.15. The molecule has 27 heavy (non-hydrogen) atoms. The monoisotopic (exact) mass is 366 g/mol. The number of rotatable bonds is 5. The topological polar surface area (TPSA) is 83.9 Å². The number of aromatic nitrogens is 4. The van der Waals surface area contributed by atoms with Crippen molar-refractivity contribution in [3.8, 4) is 40.1 Å². The second kappa shape index (κ2) is 6.64. The molecule has 0 amide bonds. The maximum Gasteiger partial charge on any atom is 0.325 e. The van der Waals surface area contributed by atoms with E-state index in [4.69, 9.17) is 18.6 Å². The molecule has 0 bridgehead atoms. The highest BCUT2D eigenvalue weighted by Crippen LogP contribution is 2.33. The van der Waals surface area contributed by atoms with Gasteiger partial charge >= 0.3 is 5.84 Å². The van der Waals surface area contributed by atoms with Crippen LogP contribution in [0.15, 0.2) is 40.9 Å². The van der Waals surface area contributed by atoms with Crippen LogP contribution in [0.25, 0.3) is 28.6 Å². The smallest absolute Gasteiger partial charge is 0.325 e. The van der Waals surface area contributed by atoms with Crippen LogP contribution >= 0.6 is 0 Å². The van der Waals surface area contributed by atoms with E-state index in [-0.39, 0.29) is 0 Å². The van der Waals surface area contributed by atoms with Crippen molar-refractivity contribution in [2.75, 3.05) is 21.3 Å². The molecule has 8 heteroatoms. The fourth-order valence-corrected chi connectivity index (χ4v) is 2.91. The lowest BCUT2D eigenvalue weighted by Gasteiger charge is -2.07. The predicted octanol–water partition coefficient (Wildman–Crippen LogP) is 3.39. The van der Waals surface area contributed by atoms with E-state index in [1.165, 1.54) is 0 Å². The molecule has 0 spiro atoms. The molecule has 0 radical (unpaired) electrons. The van der Waals surface area contributed by atoms with E-state index in [2.05, 4.69) is 15.1 Å². The van der Waals surface area contributed by atoms with Gasteiger partial charge in [0.05, 0.1) is 27.0 Å². The van der Waals surface area contributed by atoms with E-state index in [9.17, 15) is 0 Å². The van der Waals surface area contributed by atoms with Gasteiger partial charge in [-0.05, 0) is 31.2 Å². The third-order valence-electron chi connectivity index (χ3n) is 4.23. The van der Waals surface area contributed by atoms with Crippen molar-refractivity contribution in [1.29, 1.82) is 0 Å². The lowest BCUT2D eigenvalue weighted by Crippen LogP contribution is -1.94. The van der Waals surface area contributed by atoms with E-state index in [0.29, 0.717) is 29.1 Å². The Bertz CT molecular complexity index is 1100. The molecule has 4 rings (SSSR count). The number of hydrogen-bond acceptors (Lipinski definition) is 7. The number of fused-ring (bicyclic) bond motifs is 1. The van der Waals surface area contributed by atoms with Crippen LogP contribution < -0.4 is 14.2 Å². The molecule has 0 atom stereocenters. The van der Waals surface area contributed by atoms with Crippen molar-refractivity contribution in [2.45, 2.75) is 6.92 Å². The van der Waals surface area contributed by atoms with E-state index >= 15 is 0 Å². The minimum absolute atomic E-state index is 0.406. The molecule has 138 valence electrons. The van der Waals surface area contributed by atoms with E-state index in [1.54, 1.807) is 44.2 Å². The Labute approximate surface area is 155 Å². The molecule has 0 unspecified atom stereocenters. The number of nitrogens with zero attached hydrogens (tertiary/aromatic N) is 4. The van der Waals surface area contributed by atoms with Gasteiger partial charge in [-0.2, -0.15) is 9.50 Å². The van der Waals surface area contributed by atoms with Gasteiger partial charge in [0.1, 0.15) is 5.69 Å². The van der Waals surface area contributed by atoms with Crippen LogP contribution in [-0.2, 0) is 0 Å². The summed E-state index contributed by atoms with van der Waals surface area (Å²) in [6, 6.07) is 9.18. The van der Waals surface area contributed by atoms with Crippen molar-refractivity contribution in [3.63, 3.8) is 0 Å². The van der Waals surface area contributed by atoms with Gasteiger partial charge in [0.15, 0.2) is 11.5 Å². The molecule has 3 heterocycles. The minimum Gasteiger partial charge on any atom is -0.493 e. The van der Waals surface area contributed by atoms with E-state index in [1.807, 2.05) is 25.1 Å². The minimum atomic E-state index is 0.406. The molecule has 4 aromatic rings. The Hall–Kier alpha value is -3.55. The lowest BCUT2D eigenvalue weighted by atomic mass is 10.2. The summed E-state index contributed by atoms with van der Waals surface area (Å²) in [5.74, 6) is 2.62. The molecule has 0 aliphatic rings.